The van der Waals surface area contributed by atoms with Crippen LogP contribution in [-0.2, 0) is 16.8 Å². The average molecular weight is 387 g/mol. The molecule has 1 saturated heterocycles. The summed E-state index contributed by atoms with van der Waals surface area (Å²) in [6.45, 7) is 1.92. The van der Waals surface area contributed by atoms with E-state index in [9.17, 15) is 9.59 Å². The lowest BCUT2D eigenvalue weighted by Gasteiger charge is -2.34. The molecule has 5 rings (SSSR count). The Kier molecular flexibility index (Phi) is 4.47. The number of fused-ring (bicyclic) bond motifs is 2. The van der Waals surface area contributed by atoms with Gasteiger partial charge in [0.15, 0.2) is 0 Å². The Morgan fingerprint density at radius 1 is 0.966 bits per heavy atom. The highest BCUT2D eigenvalue weighted by molar-refractivity contribution is 6.07. The van der Waals surface area contributed by atoms with Crippen LogP contribution in [0.25, 0.3) is 5.57 Å². The predicted octanol–water partition coefficient (Wildman–Crippen LogP) is 3.52. The smallest absolute Gasteiger partial charge is 0.319 e. The summed E-state index contributed by atoms with van der Waals surface area (Å²) in [7, 11) is 0. The average Bonchev–Trinajstić information content (AvgIpc) is 3.00. The van der Waals surface area contributed by atoms with Gasteiger partial charge >= 0.3 is 6.03 Å². The summed E-state index contributed by atoms with van der Waals surface area (Å²) in [5.41, 5.74) is 3.84. The first-order chi connectivity index (χ1) is 14.2. The van der Waals surface area contributed by atoms with Gasteiger partial charge in [0, 0.05) is 13.1 Å². The van der Waals surface area contributed by atoms with E-state index in [1.165, 1.54) is 21.6 Å². The monoisotopic (exact) mass is 387 g/mol. The number of amides is 3. The van der Waals surface area contributed by atoms with Gasteiger partial charge in [0.25, 0.3) is 5.91 Å². The Hall–Kier alpha value is -2.92. The zero-order valence-electron chi connectivity index (χ0n) is 16.4. The number of carbonyl (C=O) groups excluding carboxylic acids is 2. The fourth-order valence-electron chi connectivity index (χ4n) is 4.89. The molecular weight excluding hydrogens is 362 g/mol. The van der Waals surface area contributed by atoms with Gasteiger partial charge in [-0.15, -0.1) is 0 Å². The van der Waals surface area contributed by atoms with E-state index in [-0.39, 0.29) is 11.9 Å². The number of benzene rings is 2. The van der Waals surface area contributed by atoms with Gasteiger partial charge in [-0.05, 0) is 47.9 Å². The number of carbonyl (C=O) groups is 2. The van der Waals surface area contributed by atoms with Crippen molar-refractivity contribution in [2.24, 2.45) is 0 Å². The summed E-state index contributed by atoms with van der Waals surface area (Å²) in [5.74, 6) is -0.104. The van der Waals surface area contributed by atoms with E-state index < -0.39 is 5.54 Å². The number of nitrogens with zero attached hydrogens (tertiary/aromatic N) is 2. The van der Waals surface area contributed by atoms with E-state index in [4.69, 9.17) is 0 Å². The molecule has 0 unspecified atom stereocenters. The van der Waals surface area contributed by atoms with Crippen LogP contribution in [0.2, 0.25) is 0 Å². The van der Waals surface area contributed by atoms with Crippen molar-refractivity contribution in [2.75, 3.05) is 19.8 Å². The summed E-state index contributed by atoms with van der Waals surface area (Å²) in [6, 6.07) is 18.1. The van der Waals surface area contributed by atoms with Crippen molar-refractivity contribution in [3.63, 3.8) is 0 Å². The third-order valence-electron chi connectivity index (χ3n) is 6.43. The van der Waals surface area contributed by atoms with E-state index in [1.54, 1.807) is 0 Å². The molecule has 2 heterocycles. The number of imide groups is 1. The second-order valence-corrected chi connectivity index (χ2v) is 8.14. The van der Waals surface area contributed by atoms with Crippen molar-refractivity contribution >= 4 is 17.5 Å². The van der Waals surface area contributed by atoms with Crippen LogP contribution in [0.1, 0.15) is 36.0 Å². The molecule has 1 aliphatic carbocycles. The molecule has 1 spiro atoms. The van der Waals surface area contributed by atoms with Gasteiger partial charge in [0.05, 0.1) is 6.67 Å². The lowest BCUT2D eigenvalue weighted by Crippen LogP contribution is -2.47. The molecule has 1 N–H and O–H groups in total. The molecule has 0 bridgehead atoms. The Bertz CT molecular complexity index is 985. The van der Waals surface area contributed by atoms with Gasteiger partial charge in [-0.2, -0.15) is 0 Å². The lowest BCUT2D eigenvalue weighted by atomic mass is 9.76. The molecule has 0 saturated carbocycles. The number of hydrogen-bond acceptors (Lipinski definition) is 3. The third kappa shape index (κ3) is 3.06. The highest BCUT2D eigenvalue weighted by Crippen LogP contribution is 2.40. The van der Waals surface area contributed by atoms with Crippen molar-refractivity contribution in [1.82, 2.24) is 15.1 Å². The molecule has 148 valence electrons. The SMILES string of the molecule is O=C1N[C@@]2(CCCc3ccccc32)C(=O)N1CN1CC=C(c2ccccc2)CC1. The van der Waals surface area contributed by atoms with Crippen molar-refractivity contribution in [3.8, 4) is 0 Å². The summed E-state index contributed by atoms with van der Waals surface area (Å²) in [6.07, 6.45) is 5.66. The zero-order valence-corrected chi connectivity index (χ0v) is 16.4. The number of nitrogens with one attached hydrogen (secondary N) is 1. The van der Waals surface area contributed by atoms with Crippen LogP contribution < -0.4 is 5.32 Å². The van der Waals surface area contributed by atoms with E-state index in [2.05, 4.69) is 46.6 Å². The minimum Gasteiger partial charge on any atom is -0.319 e. The first-order valence-corrected chi connectivity index (χ1v) is 10.4. The normalized spacial score (nSPS) is 24.4. The molecule has 1 fully saturated rings. The maximum Gasteiger partial charge on any atom is 0.326 e. The molecule has 5 heteroatoms. The molecule has 0 radical (unpaired) electrons. The van der Waals surface area contributed by atoms with Crippen LogP contribution in [0.4, 0.5) is 4.79 Å². The molecule has 0 aromatic heterocycles. The molecule has 2 aromatic carbocycles. The van der Waals surface area contributed by atoms with Gasteiger partial charge in [0.1, 0.15) is 5.54 Å². The number of rotatable bonds is 3. The van der Waals surface area contributed by atoms with E-state index >= 15 is 0 Å². The fourth-order valence-corrected chi connectivity index (χ4v) is 4.89. The number of hydrogen-bond donors (Lipinski definition) is 1. The zero-order chi connectivity index (χ0) is 19.8. The topological polar surface area (TPSA) is 52.7 Å². The molecule has 3 amide bonds. The number of urea groups is 1. The van der Waals surface area contributed by atoms with Crippen LogP contribution in [0.15, 0.2) is 60.7 Å². The first-order valence-electron chi connectivity index (χ1n) is 10.4. The number of aryl methyl sites for hydroxylation is 1. The van der Waals surface area contributed by atoms with Gasteiger partial charge < -0.3 is 5.32 Å². The molecular formula is C24H25N3O2. The van der Waals surface area contributed by atoms with Crippen LogP contribution in [0.3, 0.4) is 0 Å². The highest BCUT2D eigenvalue weighted by Gasteiger charge is 2.54. The largest absolute Gasteiger partial charge is 0.326 e. The summed E-state index contributed by atoms with van der Waals surface area (Å²) in [4.78, 5) is 29.8. The molecule has 3 aliphatic rings. The summed E-state index contributed by atoms with van der Waals surface area (Å²) in [5, 5.41) is 3.04. The minimum atomic E-state index is -0.882. The third-order valence-corrected chi connectivity index (χ3v) is 6.43. The second-order valence-electron chi connectivity index (χ2n) is 8.14. The minimum absolute atomic E-state index is 0.104. The Morgan fingerprint density at radius 3 is 2.55 bits per heavy atom. The lowest BCUT2D eigenvalue weighted by molar-refractivity contribution is -0.133. The van der Waals surface area contributed by atoms with E-state index in [1.807, 2.05) is 24.3 Å². The van der Waals surface area contributed by atoms with Gasteiger partial charge in [-0.25, -0.2) is 9.69 Å². The van der Waals surface area contributed by atoms with Crippen LogP contribution in [-0.4, -0.2) is 41.5 Å². The molecule has 1 atom stereocenters. The maximum atomic E-state index is 13.4. The quantitative estimate of drug-likeness (QED) is 0.820. The highest BCUT2D eigenvalue weighted by atomic mass is 16.2. The van der Waals surface area contributed by atoms with Gasteiger partial charge in [-0.1, -0.05) is 60.7 Å². The van der Waals surface area contributed by atoms with Crippen molar-refractivity contribution < 1.29 is 9.59 Å². The van der Waals surface area contributed by atoms with Gasteiger partial charge in [0.2, 0.25) is 0 Å². The van der Waals surface area contributed by atoms with E-state index in [0.29, 0.717) is 13.1 Å². The molecule has 2 aromatic rings. The molecule has 29 heavy (non-hydrogen) atoms. The van der Waals surface area contributed by atoms with Crippen LogP contribution >= 0.6 is 0 Å². The predicted molar refractivity (Wildman–Crippen MR) is 112 cm³/mol. The van der Waals surface area contributed by atoms with Crippen LogP contribution in [0, 0.1) is 0 Å². The molecule has 2 aliphatic heterocycles. The van der Waals surface area contributed by atoms with Gasteiger partial charge in [-0.3, -0.25) is 9.69 Å². The van der Waals surface area contributed by atoms with Crippen molar-refractivity contribution in [1.29, 1.82) is 0 Å². The second kappa shape index (κ2) is 7.16. The van der Waals surface area contributed by atoms with Crippen molar-refractivity contribution in [3.05, 3.63) is 77.4 Å². The standard InChI is InChI=1S/C24H25N3O2/c28-22-24(14-6-10-20-9-4-5-11-21(20)24)25-23(29)27(22)17-26-15-12-19(13-16-26)18-7-2-1-3-8-18/h1-5,7-9,11-12H,6,10,13-17H2,(H,25,29)/t24-/m1/s1. The summed E-state index contributed by atoms with van der Waals surface area (Å²) >= 11 is 0. The van der Waals surface area contributed by atoms with Crippen LogP contribution in [0.5, 0.6) is 0 Å². The Morgan fingerprint density at radius 2 is 1.76 bits per heavy atom. The fraction of sp³-hybridized carbons (Fsp3) is 0.333. The maximum absolute atomic E-state index is 13.4. The summed E-state index contributed by atoms with van der Waals surface area (Å²) < 4.78 is 0. The Labute approximate surface area is 171 Å². The Balaban J connectivity index is 1.33. The van der Waals surface area contributed by atoms with E-state index in [0.717, 1.165) is 37.9 Å². The first kappa shape index (κ1) is 18.1. The molecule has 5 nitrogen and oxygen atoms in total. The van der Waals surface area contributed by atoms with Crippen molar-refractivity contribution in [2.45, 2.75) is 31.2 Å².